The van der Waals surface area contributed by atoms with E-state index in [-0.39, 0.29) is 0 Å². The number of methoxy groups -OCH3 is 1. The van der Waals surface area contributed by atoms with Crippen molar-refractivity contribution >= 4 is 5.82 Å². The summed E-state index contributed by atoms with van der Waals surface area (Å²) in [5, 5.41) is 3.14. The second-order valence-electron chi connectivity index (χ2n) is 4.50. The van der Waals surface area contributed by atoms with Gasteiger partial charge in [-0.3, -0.25) is 4.90 Å². The van der Waals surface area contributed by atoms with Crippen LogP contribution in [0.4, 0.5) is 5.82 Å². The Balaban J connectivity index is 2.00. The molecule has 4 nitrogen and oxygen atoms in total. The van der Waals surface area contributed by atoms with E-state index in [0.717, 1.165) is 25.5 Å². The Bertz CT molecular complexity index is 356. The van der Waals surface area contributed by atoms with E-state index in [4.69, 9.17) is 4.74 Å². The fourth-order valence-electron chi connectivity index (χ4n) is 2.38. The number of pyridine rings is 1. The molecule has 17 heavy (non-hydrogen) atoms. The SMILES string of the molecule is CNc1ncccc1CN1CCCC(OC)C1. The molecule has 1 atom stereocenters. The maximum Gasteiger partial charge on any atom is 0.130 e. The van der Waals surface area contributed by atoms with Crippen molar-refractivity contribution in [1.82, 2.24) is 9.88 Å². The number of piperidine rings is 1. The number of anilines is 1. The van der Waals surface area contributed by atoms with Crippen LogP contribution in [-0.4, -0.2) is 43.2 Å². The van der Waals surface area contributed by atoms with E-state index < -0.39 is 0 Å². The van der Waals surface area contributed by atoms with Gasteiger partial charge in [0.05, 0.1) is 6.10 Å². The molecule has 1 saturated heterocycles. The average molecular weight is 235 g/mol. The molecule has 0 spiro atoms. The van der Waals surface area contributed by atoms with Gasteiger partial charge in [-0.2, -0.15) is 0 Å². The predicted octanol–water partition coefficient (Wildman–Crippen LogP) is 1.73. The molecule has 94 valence electrons. The second kappa shape index (κ2) is 5.98. The van der Waals surface area contributed by atoms with Crippen LogP contribution in [0.25, 0.3) is 0 Å². The topological polar surface area (TPSA) is 37.4 Å². The molecule has 0 bridgehead atoms. The Labute approximate surface area is 103 Å². The lowest BCUT2D eigenvalue weighted by Crippen LogP contribution is -2.38. The van der Waals surface area contributed by atoms with Crippen LogP contribution in [0.1, 0.15) is 18.4 Å². The maximum absolute atomic E-state index is 5.44. The summed E-state index contributed by atoms with van der Waals surface area (Å²) in [6.45, 7) is 3.12. The Morgan fingerprint density at radius 1 is 1.59 bits per heavy atom. The summed E-state index contributed by atoms with van der Waals surface area (Å²) in [4.78, 5) is 6.77. The van der Waals surface area contributed by atoms with Crippen LogP contribution in [0.3, 0.4) is 0 Å². The Morgan fingerprint density at radius 3 is 3.24 bits per heavy atom. The Morgan fingerprint density at radius 2 is 2.47 bits per heavy atom. The van der Waals surface area contributed by atoms with E-state index in [1.165, 1.54) is 18.4 Å². The number of nitrogens with one attached hydrogen (secondary N) is 1. The van der Waals surface area contributed by atoms with Gasteiger partial charge in [0.15, 0.2) is 0 Å². The molecule has 1 fully saturated rings. The summed E-state index contributed by atoms with van der Waals surface area (Å²) in [7, 11) is 3.72. The van der Waals surface area contributed by atoms with Crippen LogP contribution in [-0.2, 0) is 11.3 Å². The van der Waals surface area contributed by atoms with Crippen molar-refractivity contribution in [2.75, 3.05) is 32.6 Å². The minimum absolute atomic E-state index is 0.387. The number of rotatable bonds is 4. The van der Waals surface area contributed by atoms with E-state index >= 15 is 0 Å². The van der Waals surface area contributed by atoms with Gasteiger partial charge in [0, 0.05) is 39.0 Å². The van der Waals surface area contributed by atoms with Gasteiger partial charge in [0.1, 0.15) is 5.82 Å². The second-order valence-corrected chi connectivity index (χ2v) is 4.50. The first kappa shape index (κ1) is 12.3. The van der Waals surface area contributed by atoms with E-state index in [9.17, 15) is 0 Å². The molecule has 0 aromatic carbocycles. The molecule has 1 unspecified atom stereocenters. The molecule has 0 aliphatic carbocycles. The highest BCUT2D eigenvalue weighted by molar-refractivity contribution is 5.42. The average Bonchev–Trinajstić information content (AvgIpc) is 2.39. The van der Waals surface area contributed by atoms with Crippen LogP contribution in [0.5, 0.6) is 0 Å². The van der Waals surface area contributed by atoms with Gasteiger partial charge >= 0.3 is 0 Å². The number of hydrogen-bond donors (Lipinski definition) is 1. The fraction of sp³-hybridized carbons (Fsp3) is 0.615. The summed E-state index contributed by atoms with van der Waals surface area (Å²) in [5.74, 6) is 0.979. The lowest BCUT2D eigenvalue weighted by Gasteiger charge is -2.32. The van der Waals surface area contributed by atoms with E-state index in [0.29, 0.717) is 6.10 Å². The first-order valence-corrected chi connectivity index (χ1v) is 6.20. The predicted molar refractivity (Wildman–Crippen MR) is 69.1 cm³/mol. The molecule has 1 aliphatic heterocycles. The van der Waals surface area contributed by atoms with Gasteiger partial charge in [-0.25, -0.2) is 4.98 Å². The number of hydrogen-bond acceptors (Lipinski definition) is 4. The zero-order chi connectivity index (χ0) is 12.1. The lowest BCUT2D eigenvalue weighted by atomic mass is 10.1. The zero-order valence-electron chi connectivity index (χ0n) is 10.6. The van der Waals surface area contributed by atoms with Gasteiger partial charge in [-0.05, 0) is 25.5 Å². The molecule has 4 heteroatoms. The molecule has 2 rings (SSSR count). The van der Waals surface area contributed by atoms with Crippen molar-refractivity contribution in [3.8, 4) is 0 Å². The first-order valence-electron chi connectivity index (χ1n) is 6.20. The quantitative estimate of drug-likeness (QED) is 0.862. The molecule has 1 aliphatic rings. The monoisotopic (exact) mass is 235 g/mol. The number of aromatic nitrogens is 1. The van der Waals surface area contributed by atoms with Gasteiger partial charge < -0.3 is 10.1 Å². The molecular weight excluding hydrogens is 214 g/mol. The molecular formula is C13H21N3O. The number of likely N-dealkylation sites (tertiary alicyclic amines) is 1. The molecule has 1 aromatic heterocycles. The maximum atomic E-state index is 5.44. The lowest BCUT2D eigenvalue weighted by molar-refractivity contribution is 0.0286. The Kier molecular flexibility index (Phi) is 4.34. The van der Waals surface area contributed by atoms with Crippen molar-refractivity contribution < 1.29 is 4.74 Å². The summed E-state index contributed by atoms with van der Waals surface area (Å²) in [5.41, 5.74) is 1.26. The minimum Gasteiger partial charge on any atom is -0.380 e. The van der Waals surface area contributed by atoms with Crippen molar-refractivity contribution in [1.29, 1.82) is 0 Å². The summed E-state index contributed by atoms with van der Waals surface area (Å²) in [6, 6.07) is 4.13. The highest BCUT2D eigenvalue weighted by atomic mass is 16.5. The standard InChI is InChI=1S/C13H21N3O/c1-14-13-11(5-3-7-15-13)9-16-8-4-6-12(10-16)17-2/h3,5,7,12H,4,6,8-10H2,1-2H3,(H,14,15). The van der Waals surface area contributed by atoms with Gasteiger partial charge in [0.2, 0.25) is 0 Å². The third kappa shape index (κ3) is 3.17. The smallest absolute Gasteiger partial charge is 0.130 e. The van der Waals surface area contributed by atoms with Crippen LogP contribution >= 0.6 is 0 Å². The van der Waals surface area contributed by atoms with Crippen molar-refractivity contribution in [3.63, 3.8) is 0 Å². The summed E-state index contributed by atoms with van der Waals surface area (Å²) < 4.78 is 5.44. The number of ether oxygens (including phenoxy) is 1. The summed E-state index contributed by atoms with van der Waals surface area (Å²) in [6.07, 6.45) is 4.61. The largest absolute Gasteiger partial charge is 0.380 e. The highest BCUT2D eigenvalue weighted by Gasteiger charge is 2.20. The number of nitrogens with zero attached hydrogens (tertiary/aromatic N) is 2. The third-order valence-corrected chi connectivity index (χ3v) is 3.32. The van der Waals surface area contributed by atoms with Gasteiger partial charge in [-0.15, -0.1) is 0 Å². The van der Waals surface area contributed by atoms with Crippen molar-refractivity contribution in [3.05, 3.63) is 23.9 Å². The molecule has 0 saturated carbocycles. The van der Waals surface area contributed by atoms with Crippen molar-refractivity contribution in [2.24, 2.45) is 0 Å². The van der Waals surface area contributed by atoms with Crippen LogP contribution < -0.4 is 5.32 Å². The third-order valence-electron chi connectivity index (χ3n) is 3.32. The van der Waals surface area contributed by atoms with E-state index in [1.54, 1.807) is 7.11 Å². The van der Waals surface area contributed by atoms with E-state index in [1.807, 2.05) is 19.3 Å². The minimum atomic E-state index is 0.387. The Hall–Kier alpha value is -1.13. The van der Waals surface area contributed by atoms with Crippen molar-refractivity contribution in [2.45, 2.75) is 25.5 Å². The molecule has 0 amide bonds. The van der Waals surface area contributed by atoms with Gasteiger partial charge in [-0.1, -0.05) is 6.07 Å². The van der Waals surface area contributed by atoms with Gasteiger partial charge in [0.25, 0.3) is 0 Å². The molecule has 1 N–H and O–H groups in total. The fourth-order valence-corrected chi connectivity index (χ4v) is 2.38. The zero-order valence-corrected chi connectivity index (χ0v) is 10.6. The highest BCUT2D eigenvalue weighted by Crippen LogP contribution is 2.18. The van der Waals surface area contributed by atoms with Crippen LogP contribution in [0.15, 0.2) is 18.3 Å². The molecule has 0 radical (unpaired) electrons. The first-order chi connectivity index (χ1) is 8.33. The van der Waals surface area contributed by atoms with Crippen LogP contribution in [0, 0.1) is 0 Å². The molecule has 1 aromatic rings. The molecule has 2 heterocycles. The van der Waals surface area contributed by atoms with E-state index in [2.05, 4.69) is 21.3 Å². The summed E-state index contributed by atoms with van der Waals surface area (Å²) >= 11 is 0. The normalized spacial score (nSPS) is 21.4. The van der Waals surface area contributed by atoms with Crippen LogP contribution in [0.2, 0.25) is 0 Å².